The van der Waals surface area contributed by atoms with Gasteiger partial charge in [0.25, 0.3) is 0 Å². The maximum atomic E-state index is 9.25. The van der Waals surface area contributed by atoms with Gasteiger partial charge in [0.15, 0.2) is 0 Å². The maximum absolute atomic E-state index is 9.25. The zero-order valence-electron chi connectivity index (χ0n) is 10.8. The lowest BCUT2D eigenvalue weighted by Gasteiger charge is -2.03. The van der Waals surface area contributed by atoms with Gasteiger partial charge in [-0.15, -0.1) is 49.6 Å². The molecule has 0 atom stereocenters. The van der Waals surface area contributed by atoms with Crippen molar-refractivity contribution in [2.24, 2.45) is 0 Å². The Morgan fingerprint density at radius 3 is 1.90 bits per heavy atom. The fourth-order valence-electron chi connectivity index (χ4n) is 1.87. The zero-order valence-corrected chi connectivity index (χ0v) is 14.1. The molecule has 114 valence electrons. The molecule has 1 heterocycles. The van der Waals surface area contributed by atoms with Crippen LogP contribution in [-0.2, 0) is 0 Å². The van der Waals surface area contributed by atoms with Crippen molar-refractivity contribution in [1.82, 2.24) is 4.98 Å². The van der Waals surface area contributed by atoms with Crippen LogP contribution < -0.4 is 0 Å². The number of aromatic hydroxyl groups is 1. The van der Waals surface area contributed by atoms with Crippen molar-refractivity contribution in [2.45, 2.75) is 0 Å². The Hall–Kier alpha value is -1.19. The van der Waals surface area contributed by atoms with E-state index in [9.17, 15) is 5.11 Å². The summed E-state index contributed by atoms with van der Waals surface area (Å²) in [5.41, 5.74) is 1.93. The highest BCUT2D eigenvalue weighted by Gasteiger charge is 2.00. The molecule has 0 unspecified atom stereocenters. The van der Waals surface area contributed by atoms with Gasteiger partial charge in [-0.3, -0.25) is 4.98 Å². The second-order valence-corrected chi connectivity index (χ2v) is 3.96. The topological polar surface area (TPSA) is 33.1 Å². The second kappa shape index (κ2) is 9.69. The molecule has 0 aliphatic carbocycles. The minimum Gasteiger partial charge on any atom is -0.508 e. The summed E-state index contributed by atoms with van der Waals surface area (Å²) in [6.45, 7) is 0. The quantitative estimate of drug-likeness (QED) is 0.634. The molecule has 2 aromatic carbocycles. The molecule has 0 aliphatic rings. The van der Waals surface area contributed by atoms with E-state index in [1.54, 1.807) is 12.1 Å². The van der Waals surface area contributed by atoms with Crippen LogP contribution in [0.5, 0.6) is 5.75 Å². The lowest BCUT2D eigenvalue weighted by atomic mass is 10.1. The number of hydrogen-bond donors (Lipinski definition) is 1. The molecule has 0 aliphatic heterocycles. The van der Waals surface area contributed by atoms with Gasteiger partial charge in [-0.25, -0.2) is 0 Å². The highest BCUT2D eigenvalue weighted by Crippen LogP contribution is 2.23. The predicted molar refractivity (Wildman–Crippen MR) is 97.8 cm³/mol. The molecular weight excluding hydrogens is 352 g/mol. The Kier molecular flexibility index (Phi) is 10.2. The maximum Gasteiger partial charge on any atom is 0.115 e. The number of pyridine rings is 1. The molecule has 0 fully saturated rings. The molecule has 6 heteroatoms. The van der Waals surface area contributed by atoms with Gasteiger partial charge in [0.2, 0.25) is 0 Å². The molecular formula is C15H15Cl4NO. The highest BCUT2D eigenvalue weighted by molar-refractivity contribution is 5.86. The van der Waals surface area contributed by atoms with Crippen molar-refractivity contribution in [1.29, 1.82) is 0 Å². The van der Waals surface area contributed by atoms with Crippen LogP contribution in [0.3, 0.4) is 0 Å². The molecule has 3 aromatic rings. The zero-order chi connectivity index (χ0) is 11.7. The number of fused-ring (bicyclic) bond motifs is 1. The van der Waals surface area contributed by atoms with E-state index in [1.165, 1.54) is 5.39 Å². The number of hydrogen-bond acceptors (Lipinski definition) is 2. The van der Waals surface area contributed by atoms with E-state index < -0.39 is 0 Å². The number of halogens is 4. The SMILES string of the molecule is Cl.Cl.Cl.Cl.Oc1ccc(-c2cc3ccccc3cn2)cc1. The number of aromatic nitrogens is 1. The van der Waals surface area contributed by atoms with Crippen molar-refractivity contribution in [3.05, 3.63) is 60.8 Å². The fourth-order valence-corrected chi connectivity index (χ4v) is 1.87. The summed E-state index contributed by atoms with van der Waals surface area (Å²) < 4.78 is 0. The first-order valence-electron chi connectivity index (χ1n) is 5.47. The van der Waals surface area contributed by atoms with Gasteiger partial charge in [-0.05, 0) is 35.7 Å². The van der Waals surface area contributed by atoms with Crippen LogP contribution in [-0.4, -0.2) is 10.1 Å². The van der Waals surface area contributed by atoms with Crippen LogP contribution in [0.15, 0.2) is 60.8 Å². The number of phenolic OH excluding ortho intramolecular Hbond substituents is 1. The number of rotatable bonds is 1. The lowest BCUT2D eigenvalue weighted by molar-refractivity contribution is 0.475. The highest BCUT2D eigenvalue weighted by atomic mass is 35.5. The monoisotopic (exact) mass is 365 g/mol. The summed E-state index contributed by atoms with van der Waals surface area (Å²) in [6, 6.07) is 17.3. The first kappa shape index (κ1) is 22.1. The third-order valence-electron chi connectivity index (χ3n) is 2.79. The molecule has 0 spiro atoms. The van der Waals surface area contributed by atoms with Crippen molar-refractivity contribution < 1.29 is 5.11 Å². The molecule has 2 nitrogen and oxygen atoms in total. The van der Waals surface area contributed by atoms with Crippen LogP contribution in [0, 0.1) is 0 Å². The molecule has 0 saturated carbocycles. The normalized spacial score (nSPS) is 8.57. The van der Waals surface area contributed by atoms with Gasteiger partial charge in [0.1, 0.15) is 5.75 Å². The van der Waals surface area contributed by atoms with Gasteiger partial charge < -0.3 is 5.11 Å². The molecule has 0 saturated heterocycles. The van der Waals surface area contributed by atoms with E-state index in [1.807, 2.05) is 36.5 Å². The first-order valence-corrected chi connectivity index (χ1v) is 5.47. The van der Waals surface area contributed by atoms with E-state index in [0.717, 1.165) is 16.6 Å². The average Bonchev–Trinajstić information content (AvgIpc) is 2.39. The Labute approximate surface area is 148 Å². The Bertz CT molecular complexity index is 674. The minimum absolute atomic E-state index is 0. The van der Waals surface area contributed by atoms with Crippen LogP contribution in [0.25, 0.3) is 22.0 Å². The van der Waals surface area contributed by atoms with Crippen LogP contribution in [0.1, 0.15) is 0 Å². The van der Waals surface area contributed by atoms with Crippen LogP contribution >= 0.6 is 49.6 Å². The largest absolute Gasteiger partial charge is 0.508 e. The second-order valence-electron chi connectivity index (χ2n) is 3.96. The molecule has 0 amide bonds. The van der Waals surface area contributed by atoms with E-state index in [2.05, 4.69) is 17.1 Å². The van der Waals surface area contributed by atoms with Gasteiger partial charge in [-0.1, -0.05) is 24.3 Å². The van der Waals surface area contributed by atoms with Crippen molar-refractivity contribution in [2.75, 3.05) is 0 Å². The van der Waals surface area contributed by atoms with Crippen molar-refractivity contribution >= 4 is 60.4 Å². The molecule has 21 heavy (non-hydrogen) atoms. The van der Waals surface area contributed by atoms with Crippen molar-refractivity contribution in [3.8, 4) is 17.0 Å². The lowest BCUT2D eigenvalue weighted by Crippen LogP contribution is -1.83. The van der Waals surface area contributed by atoms with E-state index in [4.69, 9.17) is 0 Å². The molecule has 0 bridgehead atoms. The average molecular weight is 367 g/mol. The Morgan fingerprint density at radius 2 is 1.29 bits per heavy atom. The van der Waals surface area contributed by atoms with Gasteiger partial charge in [0, 0.05) is 17.1 Å². The Morgan fingerprint density at radius 1 is 0.714 bits per heavy atom. The smallest absolute Gasteiger partial charge is 0.115 e. The molecule has 3 rings (SSSR count). The molecule has 0 radical (unpaired) electrons. The van der Waals surface area contributed by atoms with Crippen LogP contribution in [0.4, 0.5) is 0 Å². The number of nitrogens with zero attached hydrogens (tertiary/aromatic N) is 1. The standard InChI is InChI=1S/C15H11NO.4ClH/c17-14-7-5-11(6-8-14)15-9-12-3-1-2-4-13(12)10-16-15;;;;/h1-10,17H;4*1H. The third-order valence-corrected chi connectivity index (χ3v) is 2.79. The summed E-state index contributed by atoms with van der Waals surface area (Å²) in [6.07, 6.45) is 1.87. The summed E-state index contributed by atoms with van der Waals surface area (Å²) in [5.74, 6) is 0.273. The van der Waals surface area contributed by atoms with Gasteiger partial charge in [-0.2, -0.15) is 0 Å². The summed E-state index contributed by atoms with van der Waals surface area (Å²) in [4.78, 5) is 4.43. The minimum atomic E-state index is 0. The summed E-state index contributed by atoms with van der Waals surface area (Å²) in [5, 5.41) is 11.6. The van der Waals surface area contributed by atoms with Gasteiger partial charge >= 0.3 is 0 Å². The van der Waals surface area contributed by atoms with E-state index >= 15 is 0 Å². The van der Waals surface area contributed by atoms with E-state index in [0.29, 0.717) is 0 Å². The molecule has 1 N–H and O–H groups in total. The third kappa shape index (κ3) is 4.94. The summed E-state index contributed by atoms with van der Waals surface area (Å²) in [7, 11) is 0. The Balaban J connectivity index is 0. The fraction of sp³-hybridized carbons (Fsp3) is 0. The van der Waals surface area contributed by atoms with Gasteiger partial charge in [0.05, 0.1) is 5.69 Å². The van der Waals surface area contributed by atoms with E-state index in [-0.39, 0.29) is 55.4 Å². The predicted octanol–water partition coefficient (Wildman–Crippen LogP) is 5.29. The van der Waals surface area contributed by atoms with Crippen molar-refractivity contribution in [3.63, 3.8) is 0 Å². The summed E-state index contributed by atoms with van der Waals surface area (Å²) >= 11 is 0. The number of phenols is 1. The number of benzene rings is 2. The first-order chi connectivity index (χ1) is 8.33. The van der Waals surface area contributed by atoms with Crippen LogP contribution in [0.2, 0.25) is 0 Å². The molecule has 1 aromatic heterocycles.